The molecule has 0 N–H and O–H groups in total. The van der Waals surface area contributed by atoms with Crippen molar-refractivity contribution in [1.82, 2.24) is 0 Å². The van der Waals surface area contributed by atoms with Gasteiger partial charge in [0.2, 0.25) is 0 Å². The van der Waals surface area contributed by atoms with Crippen molar-refractivity contribution in [3.8, 4) is 0 Å². The smallest absolute Gasteiger partial charge is 0.130 e. The predicted molar refractivity (Wildman–Crippen MR) is 48.2 cm³/mol. The number of carbonyl (C=O) groups excluding carboxylic acids is 1. The lowest BCUT2D eigenvalue weighted by atomic mass is 10.2. The van der Waals surface area contributed by atoms with E-state index < -0.39 is 0 Å². The monoisotopic (exact) mass is 155 g/mol. The van der Waals surface area contributed by atoms with E-state index in [4.69, 9.17) is 0 Å². The molecule has 0 amide bonds. The minimum Gasteiger partial charge on any atom is -0.300 e. The van der Waals surface area contributed by atoms with Crippen molar-refractivity contribution in [3.05, 3.63) is 0 Å². The molecule has 0 aromatic carbocycles. The van der Waals surface area contributed by atoms with E-state index in [1.165, 1.54) is 0 Å². The van der Waals surface area contributed by atoms with E-state index in [1.54, 1.807) is 6.92 Å². The highest BCUT2D eigenvalue weighted by Crippen LogP contribution is 1.96. The Labute approximate surface area is 68.7 Å². The van der Waals surface area contributed by atoms with Crippen molar-refractivity contribution in [3.63, 3.8) is 0 Å². The van der Waals surface area contributed by atoms with Crippen molar-refractivity contribution in [2.75, 3.05) is 0 Å². The van der Waals surface area contributed by atoms with E-state index in [9.17, 15) is 4.79 Å². The molecule has 0 spiro atoms. The standard InChI is InChI=1S/C9H17NO/c1-7(2)10-8(3)5-6-9(4)11/h7H,5-6H2,1-4H3. The number of ketones is 1. The van der Waals surface area contributed by atoms with Crippen LogP contribution in [0.5, 0.6) is 0 Å². The molecule has 0 unspecified atom stereocenters. The van der Waals surface area contributed by atoms with E-state index in [-0.39, 0.29) is 5.78 Å². The fourth-order valence-corrected chi connectivity index (χ4v) is 0.862. The van der Waals surface area contributed by atoms with Crippen LogP contribution in [0.1, 0.15) is 40.5 Å². The van der Waals surface area contributed by atoms with E-state index in [0.29, 0.717) is 12.5 Å². The molecule has 0 fully saturated rings. The summed E-state index contributed by atoms with van der Waals surface area (Å²) in [6.45, 7) is 7.67. The summed E-state index contributed by atoms with van der Waals surface area (Å²) in [5, 5.41) is 0. The zero-order valence-electron chi connectivity index (χ0n) is 7.85. The predicted octanol–water partition coefficient (Wildman–Crippen LogP) is 2.22. The van der Waals surface area contributed by atoms with Gasteiger partial charge in [-0.3, -0.25) is 4.99 Å². The molecule has 2 heteroatoms. The van der Waals surface area contributed by atoms with Crippen LogP contribution in [-0.4, -0.2) is 17.5 Å². The van der Waals surface area contributed by atoms with Crippen molar-refractivity contribution >= 4 is 11.5 Å². The highest BCUT2D eigenvalue weighted by Gasteiger charge is 1.96. The van der Waals surface area contributed by atoms with Crippen LogP contribution < -0.4 is 0 Å². The second-order valence-corrected chi connectivity index (χ2v) is 3.16. The van der Waals surface area contributed by atoms with Gasteiger partial charge in [-0.05, 0) is 34.1 Å². The number of nitrogens with zero attached hydrogens (tertiary/aromatic N) is 1. The Balaban J connectivity index is 3.68. The summed E-state index contributed by atoms with van der Waals surface area (Å²) in [5.74, 6) is 0.239. The number of aliphatic imine (C=N–C) groups is 1. The quantitative estimate of drug-likeness (QED) is 0.572. The molecule has 0 saturated heterocycles. The maximum absolute atomic E-state index is 10.6. The van der Waals surface area contributed by atoms with E-state index in [2.05, 4.69) is 4.99 Å². The molecular weight excluding hydrogens is 138 g/mol. The number of hydrogen-bond donors (Lipinski definition) is 0. The van der Waals surface area contributed by atoms with Crippen molar-refractivity contribution < 1.29 is 4.79 Å². The summed E-state index contributed by atoms with van der Waals surface area (Å²) >= 11 is 0. The average molecular weight is 155 g/mol. The number of hydrogen-bond acceptors (Lipinski definition) is 2. The molecule has 2 nitrogen and oxygen atoms in total. The Kier molecular flexibility index (Phi) is 4.75. The summed E-state index contributed by atoms with van der Waals surface area (Å²) < 4.78 is 0. The fraction of sp³-hybridized carbons (Fsp3) is 0.778. The van der Waals surface area contributed by atoms with Gasteiger partial charge >= 0.3 is 0 Å². The molecule has 0 rings (SSSR count). The van der Waals surface area contributed by atoms with Crippen molar-refractivity contribution in [1.29, 1.82) is 0 Å². The Hall–Kier alpha value is -0.660. The number of carbonyl (C=O) groups is 1. The molecule has 0 aromatic heterocycles. The average Bonchev–Trinajstić information content (AvgIpc) is 1.82. The van der Waals surface area contributed by atoms with Gasteiger partial charge in [0, 0.05) is 18.2 Å². The maximum Gasteiger partial charge on any atom is 0.130 e. The first-order valence-corrected chi connectivity index (χ1v) is 4.05. The molecule has 0 bridgehead atoms. The lowest BCUT2D eigenvalue weighted by molar-refractivity contribution is -0.116. The van der Waals surface area contributed by atoms with Gasteiger partial charge in [0.05, 0.1) is 0 Å². The third-order valence-electron chi connectivity index (χ3n) is 1.32. The van der Waals surface area contributed by atoms with Gasteiger partial charge in [-0.15, -0.1) is 0 Å². The Morgan fingerprint density at radius 1 is 1.27 bits per heavy atom. The summed E-state index contributed by atoms with van der Waals surface area (Å²) in [7, 11) is 0. The number of rotatable bonds is 4. The molecule has 0 radical (unpaired) electrons. The molecular formula is C9H17NO. The third kappa shape index (κ3) is 7.23. The minimum atomic E-state index is 0.239. The normalized spacial score (nSPS) is 12.3. The van der Waals surface area contributed by atoms with Crippen molar-refractivity contribution in [2.24, 2.45) is 4.99 Å². The molecule has 0 heterocycles. The highest BCUT2D eigenvalue weighted by atomic mass is 16.1. The van der Waals surface area contributed by atoms with E-state index in [0.717, 1.165) is 12.1 Å². The van der Waals surface area contributed by atoms with Crippen LogP contribution in [0.4, 0.5) is 0 Å². The van der Waals surface area contributed by atoms with Gasteiger partial charge in [0.15, 0.2) is 0 Å². The van der Waals surface area contributed by atoms with Crippen molar-refractivity contribution in [2.45, 2.75) is 46.6 Å². The second kappa shape index (κ2) is 5.05. The largest absolute Gasteiger partial charge is 0.300 e. The molecule has 0 atom stereocenters. The first kappa shape index (κ1) is 10.3. The van der Waals surface area contributed by atoms with Crippen LogP contribution in [0.2, 0.25) is 0 Å². The Bertz CT molecular complexity index is 159. The minimum absolute atomic E-state index is 0.239. The van der Waals surface area contributed by atoms with Gasteiger partial charge in [-0.2, -0.15) is 0 Å². The van der Waals surface area contributed by atoms with Crippen LogP contribution in [-0.2, 0) is 4.79 Å². The zero-order valence-corrected chi connectivity index (χ0v) is 7.85. The Morgan fingerprint density at radius 3 is 2.18 bits per heavy atom. The van der Waals surface area contributed by atoms with Gasteiger partial charge in [0.25, 0.3) is 0 Å². The van der Waals surface area contributed by atoms with Crippen LogP contribution >= 0.6 is 0 Å². The summed E-state index contributed by atoms with van der Waals surface area (Å²) in [5.41, 5.74) is 1.08. The van der Waals surface area contributed by atoms with Gasteiger partial charge < -0.3 is 4.79 Å². The van der Waals surface area contributed by atoms with Crippen LogP contribution in [0, 0.1) is 0 Å². The first-order valence-electron chi connectivity index (χ1n) is 4.05. The fourth-order valence-electron chi connectivity index (χ4n) is 0.862. The van der Waals surface area contributed by atoms with Crippen LogP contribution in [0.15, 0.2) is 4.99 Å². The van der Waals surface area contributed by atoms with Crippen LogP contribution in [0.25, 0.3) is 0 Å². The molecule has 0 aromatic rings. The molecule has 11 heavy (non-hydrogen) atoms. The highest BCUT2D eigenvalue weighted by molar-refractivity contribution is 5.86. The molecule has 0 aliphatic carbocycles. The first-order chi connectivity index (χ1) is 5.02. The zero-order chi connectivity index (χ0) is 8.85. The lowest BCUT2D eigenvalue weighted by Crippen LogP contribution is -2.01. The van der Waals surface area contributed by atoms with Crippen LogP contribution in [0.3, 0.4) is 0 Å². The summed E-state index contributed by atoms with van der Waals surface area (Å²) in [4.78, 5) is 14.9. The number of Topliss-reactive ketones (excluding diaryl/α,β-unsaturated/α-hetero) is 1. The van der Waals surface area contributed by atoms with Gasteiger partial charge in [-0.1, -0.05) is 0 Å². The Morgan fingerprint density at radius 2 is 1.82 bits per heavy atom. The topological polar surface area (TPSA) is 29.4 Å². The maximum atomic E-state index is 10.6. The molecule has 0 aliphatic heterocycles. The summed E-state index contributed by atoms with van der Waals surface area (Å²) in [6, 6.07) is 0.349. The third-order valence-corrected chi connectivity index (χ3v) is 1.32. The molecule has 0 saturated carbocycles. The van der Waals surface area contributed by atoms with Gasteiger partial charge in [0.1, 0.15) is 5.78 Å². The van der Waals surface area contributed by atoms with E-state index >= 15 is 0 Å². The van der Waals surface area contributed by atoms with Gasteiger partial charge in [-0.25, -0.2) is 0 Å². The SMILES string of the molecule is CC(=O)CCC(C)=NC(C)C. The molecule has 64 valence electrons. The second-order valence-electron chi connectivity index (χ2n) is 3.16. The lowest BCUT2D eigenvalue weighted by Gasteiger charge is -2.00. The molecule has 0 aliphatic rings. The summed E-state index contributed by atoms with van der Waals surface area (Å²) in [6.07, 6.45) is 1.44. The van der Waals surface area contributed by atoms with E-state index in [1.807, 2.05) is 20.8 Å².